The Labute approximate surface area is 119 Å². The topological polar surface area (TPSA) is 107 Å². The maximum atomic E-state index is 11.9. The Morgan fingerprint density at radius 1 is 1.05 bits per heavy atom. The predicted octanol–water partition coefficient (Wildman–Crippen LogP) is 2.29. The molecule has 0 aliphatic carbocycles. The number of nitro groups is 1. The Hall–Kier alpha value is -2.83. The molecule has 0 bridgehead atoms. The third-order valence-electron chi connectivity index (χ3n) is 2.71. The SMILES string of the molecule is O=C=NS(=O)(=O)c1ccccc1-c1ccc([N+](=O)[O-])cc1. The summed E-state index contributed by atoms with van der Waals surface area (Å²) in [5, 5.41) is 10.6. The van der Waals surface area contributed by atoms with E-state index in [1.54, 1.807) is 6.07 Å². The van der Waals surface area contributed by atoms with E-state index in [4.69, 9.17) is 0 Å². The summed E-state index contributed by atoms with van der Waals surface area (Å²) >= 11 is 0. The first-order valence-electron chi connectivity index (χ1n) is 5.64. The number of nitrogens with zero attached hydrogens (tertiary/aromatic N) is 2. The number of carbonyl (C=O) groups excluding carboxylic acids is 1. The second kappa shape index (κ2) is 5.66. The number of hydrogen-bond donors (Lipinski definition) is 0. The Morgan fingerprint density at radius 2 is 1.67 bits per heavy atom. The molecule has 0 unspecified atom stereocenters. The number of rotatable bonds is 4. The molecule has 0 saturated heterocycles. The van der Waals surface area contributed by atoms with Gasteiger partial charge in [0.15, 0.2) is 0 Å². The average Bonchev–Trinajstić information content (AvgIpc) is 2.47. The molecule has 21 heavy (non-hydrogen) atoms. The molecule has 2 aromatic rings. The predicted molar refractivity (Wildman–Crippen MR) is 73.8 cm³/mol. The molecular weight excluding hydrogens is 296 g/mol. The molecule has 0 radical (unpaired) electrons. The van der Waals surface area contributed by atoms with E-state index in [9.17, 15) is 23.3 Å². The highest BCUT2D eigenvalue weighted by molar-refractivity contribution is 7.90. The van der Waals surface area contributed by atoms with E-state index in [2.05, 4.69) is 4.40 Å². The van der Waals surface area contributed by atoms with Crippen molar-refractivity contribution < 1.29 is 18.1 Å². The molecule has 0 N–H and O–H groups in total. The van der Waals surface area contributed by atoms with Gasteiger partial charge in [-0.15, -0.1) is 0 Å². The standard InChI is InChI=1S/C13H8N2O5S/c16-9-14-21(19,20)13-4-2-1-3-12(13)10-5-7-11(8-6-10)15(17)18/h1-8H. The van der Waals surface area contributed by atoms with Crippen LogP contribution in [0.2, 0.25) is 0 Å². The van der Waals surface area contributed by atoms with Gasteiger partial charge in [-0.25, -0.2) is 4.79 Å². The van der Waals surface area contributed by atoms with E-state index in [1.165, 1.54) is 42.5 Å². The van der Waals surface area contributed by atoms with Gasteiger partial charge in [-0.3, -0.25) is 10.1 Å². The first kappa shape index (κ1) is 14.6. The van der Waals surface area contributed by atoms with Crippen LogP contribution in [0.4, 0.5) is 5.69 Å². The summed E-state index contributed by atoms with van der Waals surface area (Å²) in [6, 6.07) is 11.3. The van der Waals surface area contributed by atoms with Crippen LogP contribution >= 0.6 is 0 Å². The average molecular weight is 304 g/mol. The number of isocyanates is 1. The molecule has 2 aromatic carbocycles. The highest BCUT2D eigenvalue weighted by Crippen LogP contribution is 2.29. The van der Waals surface area contributed by atoms with Gasteiger partial charge in [-0.1, -0.05) is 22.6 Å². The van der Waals surface area contributed by atoms with Crippen LogP contribution in [-0.4, -0.2) is 19.4 Å². The molecule has 0 heterocycles. The van der Waals surface area contributed by atoms with Gasteiger partial charge in [0.1, 0.15) is 0 Å². The lowest BCUT2D eigenvalue weighted by Crippen LogP contribution is -1.99. The van der Waals surface area contributed by atoms with Crippen LogP contribution in [0, 0.1) is 10.1 Å². The summed E-state index contributed by atoms with van der Waals surface area (Å²) in [6.45, 7) is 0. The van der Waals surface area contributed by atoms with Crippen LogP contribution < -0.4 is 0 Å². The van der Waals surface area contributed by atoms with E-state index in [0.29, 0.717) is 11.1 Å². The number of non-ortho nitro benzene ring substituents is 1. The van der Waals surface area contributed by atoms with Gasteiger partial charge < -0.3 is 0 Å². The van der Waals surface area contributed by atoms with Crippen molar-refractivity contribution in [3.63, 3.8) is 0 Å². The smallest absolute Gasteiger partial charge is 0.258 e. The summed E-state index contributed by atoms with van der Waals surface area (Å²) in [7, 11) is -4.15. The highest BCUT2D eigenvalue weighted by Gasteiger charge is 2.18. The fourth-order valence-corrected chi connectivity index (χ4v) is 2.70. The van der Waals surface area contributed by atoms with E-state index < -0.39 is 14.9 Å². The molecule has 0 atom stereocenters. The lowest BCUT2D eigenvalue weighted by molar-refractivity contribution is -0.384. The van der Waals surface area contributed by atoms with E-state index in [1.807, 2.05) is 0 Å². The van der Waals surface area contributed by atoms with E-state index in [-0.39, 0.29) is 10.6 Å². The minimum atomic E-state index is -4.15. The molecule has 2 rings (SSSR count). The van der Waals surface area contributed by atoms with Crippen molar-refractivity contribution >= 4 is 21.8 Å². The summed E-state index contributed by atoms with van der Waals surface area (Å²) < 4.78 is 26.5. The number of nitro benzene ring substituents is 1. The second-order valence-electron chi connectivity index (χ2n) is 3.96. The van der Waals surface area contributed by atoms with Crippen molar-refractivity contribution in [2.75, 3.05) is 0 Å². The first-order chi connectivity index (χ1) is 9.95. The van der Waals surface area contributed by atoms with Gasteiger partial charge in [0.25, 0.3) is 21.8 Å². The van der Waals surface area contributed by atoms with Crippen molar-refractivity contribution in [2.24, 2.45) is 4.40 Å². The van der Waals surface area contributed by atoms with Crippen LogP contribution in [0.1, 0.15) is 0 Å². The van der Waals surface area contributed by atoms with Crippen molar-refractivity contribution in [3.05, 3.63) is 58.6 Å². The summed E-state index contributed by atoms with van der Waals surface area (Å²) in [6.07, 6.45) is 1.01. The largest absolute Gasteiger partial charge is 0.293 e. The first-order valence-corrected chi connectivity index (χ1v) is 7.08. The van der Waals surface area contributed by atoms with Crippen LogP contribution in [0.5, 0.6) is 0 Å². The molecule has 8 heteroatoms. The molecular formula is C13H8N2O5S. The number of sulfonamides is 1. The van der Waals surface area contributed by atoms with Crippen molar-refractivity contribution in [1.29, 1.82) is 0 Å². The molecule has 106 valence electrons. The van der Waals surface area contributed by atoms with Crippen LogP contribution in [0.15, 0.2) is 57.8 Å². The lowest BCUT2D eigenvalue weighted by atomic mass is 10.1. The minimum Gasteiger partial charge on any atom is -0.258 e. The zero-order chi connectivity index (χ0) is 15.5. The third-order valence-corrected chi connectivity index (χ3v) is 3.94. The van der Waals surface area contributed by atoms with Gasteiger partial charge in [-0.05, 0) is 23.8 Å². The summed E-state index contributed by atoms with van der Waals surface area (Å²) in [5.41, 5.74) is 0.650. The molecule has 0 saturated carbocycles. The van der Waals surface area contributed by atoms with Gasteiger partial charge in [0, 0.05) is 17.7 Å². The Balaban J connectivity index is 2.60. The molecule has 0 aliphatic rings. The van der Waals surface area contributed by atoms with Crippen molar-refractivity contribution in [2.45, 2.75) is 4.90 Å². The van der Waals surface area contributed by atoms with Crippen LogP contribution in [0.25, 0.3) is 11.1 Å². The number of hydrogen-bond acceptors (Lipinski definition) is 5. The van der Waals surface area contributed by atoms with Crippen molar-refractivity contribution in [1.82, 2.24) is 0 Å². The minimum absolute atomic E-state index is 0.106. The Kier molecular flexibility index (Phi) is 3.93. The van der Waals surface area contributed by atoms with Crippen molar-refractivity contribution in [3.8, 4) is 11.1 Å². The quantitative estimate of drug-likeness (QED) is 0.373. The highest BCUT2D eigenvalue weighted by atomic mass is 32.2. The van der Waals surface area contributed by atoms with E-state index in [0.717, 1.165) is 6.08 Å². The Morgan fingerprint density at radius 3 is 2.24 bits per heavy atom. The van der Waals surface area contributed by atoms with Gasteiger partial charge in [0.05, 0.1) is 9.82 Å². The second-order valence-corrected chi connectivity index (χ2v) is 5.53. The summed E-state index contributed by atoms with van der Waals surface area (Å²) in [4.78, 5) is 20.1. The lowest BCUT2D eigenvalue weighted by Gasteiger charge is -2.06. The monoisotopic (exact) mass is 304 g/mol. The maximum Gasteiger partial charge on any atom is 0.293 e. The fraction of sp³-hybridized carbons (Fsp3) is 0. The van der Waals surface area contributed by atoms with Gasteiger partial charge in [0.2, 0.25) is 0 Å². The fourth-order valence-electron chi connectivity index (χ4n) is 1.79. The molecule has 0 aliphatic heterocycles. The zero-order valence-electron chi connectivity index (χ0n) is 10.5. The van der Waals surface area contributed by atoms with Gasteiger partial charge >= 0.3 is 0 Å². The number of benzene rings is 2. The summed E-state index contributed by atoms with van der Waals surface area (Å²) in [5.74, 6) is 0. The normalized spacial score (nSPS) is 10.7. The molecule has 7 nitrogen and oxygen atoms in total. The molecule has 0 fully saturated rings. The zero-order valence-corrected chi connectivity index (χ0v) is 11.3. The third kappa shape index (κ3) is 3.02. The molecule has 0 aromatic heterocycles. The van der Waals surface area contributed by atoms with Crippen LogP contribution in [0.3, 0.4) is 0 Å². The van der Waals surface area contributed by atoms with Crippen LogP contribution in [-0.2, 0) is 14.8 Å². The van der Waals surface area contributed by atoms with Gasteiger partial charge in [-0.2, -0.15) is 8.42 Å². The molecule has 0 spiro atoms. The van der Waals surface area contributed by atoms with E-state index >= 15 is 0 Å². The Bertz CT molecular complexity index is 837. The molecule has 0 amide bonds. The maximum absolute atomic E-state index is 11.9.